The average molecular weight is 339 g/mol. The van der Waals surface area contributed by atoms with E-state index in [4.69, 9.17) is 0 Å². The number of carbonyl (C=O) groups excluding carboxylic acids is 1. The van der Waals surface area contributed by atoms with Gasteiger partial charge in [0.15, 0.2) is 0 Å². The van der Waals surface area contributed by atoms with Gasteiger partial charge in [-0.15, -0.1) is 0 Å². The van der Waals surface area contributed by atoms with Gasteiger partial charge in [0, 0.05) is 18.3 Å². The van der Waals surface area contributed by atoms with Crippen LogP contribution in [0.3, 0.4) is 0 Å². The van der Waals surface area contributed by atoms with Crippen LogP contribution in [0.25, 0.3) is 10.9 Å². The largest absolute Gasteiger partial charge is 0.348 e. The van der Waals surface area contributed by atoms with Gasteiger partial charge in [0.2, 0.25) is 5.91 Å². The molecular formula is C18H21N5O2. The highest BCUT2D eigenvalue weighted by Crippen LogP contribution is 2.16. The lowest BCUT2D eigenvalue weighted by atomic mass is 10.1. The Morgan fingerprint density at radius 1 is 1.28 bits per heavy atom. The Hall–Kier alpha value is -2.96. The molecule has 1 amide bonds. The SMILES string of the molecule is Cc1c(C(C)NC(=O)Cn2c(C)nc3ccccc3c2=O)cnn1C. The first-order chi connectivity index (χ1) is 11.9. The van der Waals surface area contributed by atoms with Gasteiger partial charge in [-0.1, -0.05) is 12.1 Å². The van der Waals surface area contributed by atoms with E-state index in [0.29, 0.717) is 16.7 Å². The number of benzene rings is 1. The molecule has 25 heavy (non-hydrogen) atoms. The Balaban J connectivity index is 1.83. The fourth-order valence-corrected chi connectivity index (χ4v) is 2.91. The second-order valence-electron chi connectivity index (χ2n) is 6.17. The molecule has 1 unspecified atom stereocenters. The van der Waals surface area contributed by atoms with E-state index in [-0.39, 0.29) is 24.1 Å². The summed E-state index contributed by atoms with van der Waals surface area (Å²) in [5.74, 6) is 0.280. The summed E-state index contributed by atoms with van der Waals surface area (Å²) in [7, 11) is 1.86. The second-order valence-corrected chi connectivity index (χ2v) is 6.17. The quantitative estimate of drug-likeness (QED) is 0.783. The van der Waals surface area contributed by atoms with Gasteiger partial charge in [-0.2, -0.15) is 5.10 Å². The minimum absolute atomic E-state index is 0.0633. The monoisotopic (exact) mass is 339 g/mol. The van der Waals surface area contributed by atoms with E-state index < -0.39 is 0 Å². The highest BCUT2D eigenvalue weighted by atomic mass is 16.2. The van der Waals surface area contributed by atoms with Gasteiger partial charge in [0.1, 0.15) is 12.4 Å². The molecule has 0 radical (unpaired) electrons. The van der Waals surface area contributed by atoms with Crippen LogP contribution in [0.5, 0.6) is 0 Å². The van der Waals surface area contributed by atoms with E-state index in [1.807, 2.05) is 27.0 Å². The maximum absolute atomic E-state index is 12.6. The zero-order chi connectivity index (χ0) is 18.1. The molecule has 0 saturated heterocycles. The molecule has 0 saturated carbocycles. The number of para-hydroxylation sites is 1. The van der Waals surface area contributed by atoms with Crippen molar-refractivity contribution in [3.8, 4) is 0 Å². The van der Waals surface area contributed by atoms with Crippen molar-refractivity contribution >= 4 is 16.8 Å². The average Bonchev–Trinajstić information content (AvgIpc) is 2.91. The number of amides is 1. The van der Waals surface area contributed by atoms with E-state index in [2.05, 4.69) is 15.4 Å². The van der Waals surface area contributed by atoms with Gasteiger partial charge in [-0.25, -0.2) is 4.98 Å². The summed E-state index contributed by atoms with van der Waals surface area (Å²) < 4.78 is 3.17. The first-order valence-electron chi connectivity index (χ1n) is 8.12. The molecule has 0 fully saturated rings. The van der Waals surface area contributed by atoms with Crippen molar-refractivity contribution in [1.82, 2.24) is 24.6 Å². The van der Waals surface area contributed by atoms with Crippen LogP contribution in [0, 0.1) is 13.8 Å². The van der Waals surface area contributed by atoms with Crippen LogP contribution in [0.2, 0.25) is 0 Å². The van der Waals surface area contributed by atoms with Crippen LogP contribution >= 0.6 is 0 Å². The summed E-state index contributed by atoms with van der Waals surface area (Å²) >= 11 is 0. The normalized spacial score (nSPS) is 12.3. The summed E-state index contributed by atoms with van der Waals surface area (Å²) in [5, 5.41) is 7.62. The molecule has 1 N–H and O–H groups in total. The predicted octanol–water partition coefficient (Wildman–Crippen LogP) is 1.62. The van der Waals surface area contributed by atoms with Crippen LogP contribution in [0.4, 0.5) is 0 Å². The molecule has 7 heteroatoms. The molecule has 3 aromatic rings. The highest BCUT2D eigenvalue weighted by Gasteiger charge is 2.16. The topological polar surface area (TPSA) is 81.8 Å². The molecule has 1 aromatic carbocycles. The Morgan fingerprint density at radius 2 is 2.00 bits per heavy atom. The third-order valence-corrected chi connectivity index (χ3v) is 4.47. The van der Waals surface area contributed by atoms with Crippen molar-refractivity contribution in [3.05, 3.63) is 57.9 Å². The molecule has 2 heterocycles. The van der Waals surface area contributed by atoms with Gasteiger partial charge in [0.05, 0.1) is 23.1 Å². The lowest BCUT2D eigenvalue weighted by Crippen LogP contribution is -2.35. The van der Waals surface area contributed by atoms with E-state index in [1.165, 1.54) is 4.57 Å². The van der Waals surface area contributed by atoms with Crippen LogP contribution in [-0.4, -0.2) is 25.2 Å². The van der Waals surface area contributed by atoms with Gasteiger partial charge >= 0.3 is 0 Å². The van der Waals surface area contributed by atoms with Crippen molar-refractivity contribution in [2.45, 2.75) is 33.4 Å². The standard InChI is InChI=1S/C18H21N5O2/c1-11(15-9-19-22(4)12(15)2)20-17(24)10-23-13(3)21-16-8-6-5-7-14(16)18(23)25/h5-9,11H,10H2,1-4H3,(H,20,24). The number of nitrogens with zero attached hydrogens (tertiary/aromatic N) is 4. The van der Waals surface area contributed by atoms with Crippen molar-refractivity contribution in [2.75, 3.05) is 0 Å². The Kier molecular flexibility index (Phi) is 4.39. The molecule has 0 aliphatic rings. The zero-order valence-corrected chi connectivity index (χ0v) is 14.8. The van der Waals surface area contributed by atoms with Crippen LogP contribution < -0.4 is 10.9 Å². The van der Waals surface area contributed by atoms with E-state index in [1.54, 1.807) is 36.0 Å². The molecule has 0 bridgehead atoms. The number of nitrogens with one attached hydrogen (secondary N) is 1. The number of fused-ring (bicyclic) bond motifs is 1. The number of carbonyl (C=O) groups is 1. The fourth-order valence-electron chi connectivity index (χ4n) is 2.91. The molecule has 2 aromatic heterocycles. The molecule has 130 valence electrons. The number of aryl methyl sites for hydroxylation is 2. The first kappa shape index (κ1) is 16.9. The minimum Gasteiger partial charge on any atom is -0.348 e. The van der Waals surface area contributed by atoms with Crippen LogP contribution in [0.15, 0.2) is 35.3 Å². The molecule has 0 spiro atoms. The van der Waals surface area contributed by atoms with E-state index in [9.17, 15) is 9.59 Å². The number of hydrogen-bond acceptors (Lipinski definition) is 4. The van der Waals surface area contributed by atoms with Crippen molar-refractivity contribution in [1.29, 1.82) is 0 Å². The summed E-state index contributed by atoms with van der Waals surface area (Å²) in [6.07, 6.45) is 1.75. The number of aromatic nitrogens is 4. The van der Waals surface area contributed by atoms with Crippen LogP contribution in [-0.2, 0) is 18.4 Å². The molecule has 3 rings (SSSR count). The fraction of sp³-hybridized carbons (Fsp3) is 0.333. The second kappa shape index (κ2) is 6.51. The van der Waals surface area contributed by atoms with Gasteiger partial charge in [-0.05, 0) is 32.9 Å². The molecule has 0 aliphatic heterocycles. The first-order valence-corrected chi connectivity index (χ1v) is 8.12. The predicted molar refractivity (Wildman–Crippen MR) is 95.2 cm³/mol. The highest BCUT2D eigenvalue weighted by molar-refractivity contribution is 5.79. The molecule has 1 atom stereocenters. The maximum Gasteiger partial charge on any atom is 0.261 e. The molecular weight excluding hydrogens is 318 g/mol. The third-order valence-electron chi connectivity index (χ3n) is 4.47. The van der Waals surface area contributed by atoms with E-state index in [0.717, 1.165) is 11.3 Å². The summed E-state index contributed by atoms with van der Waals surface area (Å²) in [6.45, 7) is 5.52. The lowest BCUT2D eigenvalue weighted by molar-refractivity contribution is -0.122. The Morgan fingerprint density at radius 3 is 2.68 bits per heavy atom. The van der Waals surface area contributed by atoms with Crippen molar-refractivity contribution in [2.24, 2.45) is 7.05 Å². The Bertz CT molecular complexity index is 1000. The summed E-state index contributed by atoms with van der Waals surface area (Å²) in [4.78, 5) is 29.5. The smallest absolute Gasteiger partial charge is 0.261 e. The van der Waals surface area contributed by atoms with Gasteiger partial charge < -0.3 is 5.32 Å². The van der Waals surface area contributed by atoms with E-state index >= 15 is 0 Å². The van der Waals surface area contributed by atoms with Crippen LogP contribution in [0.1, 0.15) is 30.0 Å². The number of hydrogen-bond donors (Lipinski definition) is 1. The zero-order valence-electron chi connectivity index (χ0n) is 14.8. The number of rotatable bonds is 4. The molecule has 7 nitrogen and oxygen atoms in total. The lowest BCUT2D eigenvalue weighted by Gasteiger charge is -2.15. The van der Waals surface area contributed by atoms with Crippen molar-refractivity contribution < 1.29 is 4.79 Å². The summed E-state index contributed by atoms with van der Waals surface area (Å²) in [6, 6.07) is 6.95. The molecule has 0 aliphatic carbocycles. The minimum atomic E-state index is -0.238. The van der Waals surface area contributed by atoms with Gasteiger partial charge in [-0.3, -0.25) is 18.8 Å². The van der Waals surface area contributed by atoms with Crippen molar-refractivity contribution in [3.63, 3.8) is 0 Å². The maximum atomic E-state index is 12.6. The summed E-state index contributed by atoms with van der Waals surface area (Å²) in [5.41, 5.74) is 2.38. The van der Waals surface area contributed by atoms with Gasteiger partial charge in [0.25, 0.3) is 5.56 Å². The third kappa shape index (κ3) is 3.17. The Labute approximate surface area is 145 Å².